The first kappa shape index (κ1) is 16.2. The number of likely N-dealkylation sites (N-methyl/N-ethyl adjacent to an activating group) is 1. The first-order valence-corrected chi connectivity index (χ1v) is 9.21. The van der Waals surface area contributed by atoms with E-state index in [2.05, 4.69) is 5.32 Å². The van der Waals surface area contributed by atoms with Crippen molar-refractivity contribution < 1.29 is 9.59 Å². The minimum Gasteiger partial charge on any atom is -0.330 e. The Kier molecular flexibility index (Phi) is 4.02. The Hall–Kier alpha value is -2.30. The summed E-state index contributed by atoms with van der Waals surface area (Å²) in [7, 11) is 1.76. The van der Waals surface area contributed by atoms with Crippen molar-refractivity contribution >= 4 is 11.9 Å². The van der Waals surface area contributed by atoms with Crippen LogP contribution in [0.1, 0.15) is 49.3 Å². The van der Waals surface area contributed by atoms with Gasteiger partial charge in [0.15, 0.2) is 0 Å². The molecule has 5 nitrogen and oxygen atoms in total. The molecule has 0 radical (unpaired) electrons. The molecule has 1 aromatic carbocycles. The number of hydrogen-bond donors (Lipinski definition) is 1. The van der Waals surface area contributed by atoms with Crippen molar-refractivity contribution in [1.29, 1.82) is 0 Å². The third-order valence-corrected chi connectivity index (χ3v) is 5.81. The van der Waals surface area contributed by atoms with Crippen LogP contribution in [0.15, 0.2) is 35.5 Å². The van der Waals surface area contributed by atoms with Crippen LogP contribution in [0.4, 0.5) is 4.79 Å². The molecule has 0 aromatic heterocycles. The Balaban J connectivity index is 1.69. The fourth-order valence-corrected chi connectivity index (χ4v) is 4.28. The third kappa shape index (κ3) is 2.71. The van der Waals surface area contributed by atoms with Crippen molar-refractivity contribution in [2.24, 2.45) is 0 Å². The van der Waals surface area contributed by atoms with E-state index in [1.54, 1.807) is 11.9 Å². The number of hydrogen-bond acceptors (Lipinski definition) is 2. The number of benzene rings is 1. The molecule has 1 N–H and O–H groups in total. The van der Waals surface area contributed by atoms with Crippen LogP contribution in [0.2, 0.25) is 0 Å². The molecule has 1 aromatic rings. The van der Waals surface area contributed by atoms with E-state index in [-0.39, 0.29) is 18.0 Å². The lowest BCUT2D eigenvalue weighted by Crippen LogP contribution is -2.45. The molecule has 0 bridgehead atoms. The first-order valence-electron chi connectivity index (χ1n) is 9.21. The highest BCUT2D eigenvalue weighted by Crippen LogP contribution is 2.38. The molecule has 3 aliphatic rings. The summed E-state index contributed by atoms with van der Waals surface area (Å²) in [5.74, 6) is 0.0966. The maximum atomic E-state index is 13.2. The molecular weight excluding hydrogens is 314 g/mol. The van der Waals surface area contributed by atoms with Gasteiger partial charge in [-0.25, -0.2) is 4.79 Å². The molecule has 3 amide bonds. The van der Waals surface area contributed by atoms with Gasteiger partial charge in [-0.1, -0.05) is 49.1 Å². The van der Waals surface area contributed by atoms with Gasteiger partial charge in [-0.3, -0.25) is 9.69 Å². The summed E-state index contributed by atoms with van der Waals surface area (Å²) in [6, 6.07) is 7.90. The fourth-order valence-electron chi connectivity index (χ4n) is 4.28. The van der Waals surface area contributed by atoms with Crippen molar-refractivity contribution in [3.63, 3.8) is 0 Å². The Bertz CT molecular complexity index is 732. The van der Waals surface area contributed by atoms with Gasteiger partial charge < -0.3 is 10.2 Å². The number of carbonyl (C=O) groups is 2. The summed E-state index contributed by atoms with van der Waals surface area (Å²) >= 11 is 0. The van der Waals surface area contributed by atoms with Crippen molar-refractivity contribution in [2.45, 2.75) is 51.1 Å². The normalized spacial score (nSPS) is 24.6. The predicted molar refractivity (Wildman–Crippen MR) is 95.8 cm³/mol. The van der Waals surface area contributed by atoms with Gasteiger partial charge in [-0.2, -0.15) is 0 Å². The largest absolute Gasteiger partial charge is 0.330 e. The van der Waals surface area contributed by atoms with Crippen LogP contribution in [0.5, 0.6) is 0 Å². The zero-order valence-corrected chi connectivity index (χ0v) is 14.9. The van der Waals surface area contributed by atoms with Crippen LogP contribution < -0.4 is 5.32 Å². The molecule has 1 saturated carbocycles. The average molecular weight is 339 g/mol. The Labute approximate surface area is 148 Å². The van der Waals surface area contributed by atoms with Gasteiger partial charge in [0.25, 0.3) is 5.91 Å². The van der Waals surface area contributed by atoms with E-state index in [1.165, 1.54) is 24.8 Å². The molecule has 0 saturated heterocycles. The summed E-state index contributed by atoms with van der Waals surface area (Å²) in [6.07, 6.45) is 5.79. The molecule has 0 spiro atoms. The molecule has 1 atom stereocenters. The summed E-state index contributed by atoms with van der Waals surface area (Å²) in [4.78, 5) is 29.3. The monoisotopic (exact) mass is 339 g/mol. The van der Waals surface area contributed by atoms with Gasteiger partial charge in [0.1, 0.15) is 0 Å². The van der Waals surface area contributed by atoms with Crippen LogP contribution in [0.25, 0.3) is 0 Å². The Morgan fingerprint density at radius 2 is 1.72 bits per heavy atom. The second-order valence-electron chi connectivity index (χ2n) is 7.44. The number of rotatable bonds is 2. The number of amides is 3. The van der Waals surface area contributed by atoms with Crippen LogP contribution in [-0.4, -0.2) is 41.4 Å². The van der Waals surface area contributed by atoms with E-state index in [4.69, 9.17) is 0 Å². The minimum atomic E-state index is -0.347. The lowest BCUT2D eigenvalue weighted by atomic mass is 9.93. The van der Waals surface area contributed by atoms with E-state index in [0.29, 0.717) is 12.6 Å². The maximum absolute atomic E-state index is 13.2. The smallest absolute Gasteiger partial charge is 0.322 e. The van der Waals surface area contributed by atoms with Gasteiger partial charge in [-0.15, -0.1) is 0 Å². The van der Waals surface area contributed by atoms with Gasteiger partial charge in [-0.05, 0) is 25.3 Å². The van der Waals surface area contributed by atoms with Crippen molar-refractivity contribution in [3.05, 3.63) is 46.7 Å². The lowest BCUT2D eigenvalue weighted by Gasteiger charge is -2.31. The third-order valence-electron chi connectivity index (χ3n) is 5.81. The molecule has 25 heavy (non-hydrogen) atoms. The van der Waals surface area contributed by atoms with Gasteiger partial charge in [0, 0.05) is 13.1 Å². The fraction of sp³-hybridized carbons (Fsp3) is 0.500. The predicted octanol–water partition coefficient (Wildman–Crippen LogP) is 3.12. The Morgan fingerprint density at radius 3 is 2.40 bits per heavy atom. The minimum absolute atomic E-state index is 0.0966. The maximum Gasteiger partial charge on any atom is 0.322 e. The van der Waals surface area contributed by atoms with Crippen molar-refractivity contribution in [3.8, 4) is 0 Å². The zero-order chi connectivity index (χ0) is 17.6. The van der Waals surface area contributed by atoms with E-state index in [1.807, 2.05) is 36.1 Å². The molecule has 5 heteroatoms. The van der Waals surface area contributed by atoms with Crippen LogP contribution >= 0.6 is 0 Å². The first-order chi connectivity index (χ1) is 12.1. The standard InChI is InChI=1S/C20H25N3O2/c1-13-8-10-14(11-9-13)18-17-16(22(2)20(25)21-18)12-23(19(17)24)15-6-4-3-5-7-15/h8-11,15,18H,3-7,12H2,1-2H3,(H,21,25)/t18-/m1/s1. The van der Waals surface area contributed by atoms with Crippen molar-refractivity contribution in [2.75, 3.05) is 13.6 Å². The second kappa shape index (κ2) is 6.21. The van der Waals surface area contributed by atoms with E-state index < -0.39 is 0 Å². The summed E-state index contributed by atoms with van der Waals surface area (Å²) in [5, 5.41) is 3.01. The van der Waals surface area contributed by atoms with Crippen LogP contribution in [-0.2, 0) is 4.79 Å². The summed E-state index contributed by atoms with van der Waals surface area (Å²) < 4.78 is 0. The average Bonchev–Trinajstić information content (AvgIpc) is 2.97. The lowest BCUT2D eigenvalue weighted by molar-refractivity contribution is -0.128. The number of urea groups is 1. The molecule has 2 heterocycles. The van der Waals surface area contributed by atoms with Gasteiger partial charge in [0.2, 0.25) is 0 Å². The van der Waals surface area contributed by atoms with E-state index in [0.717, 1.165) is 29.7 Å². The van der Waals surface area contributed by atoms with E-state index in [9.17, 15) is 9.59 Å². The van der Waals surface area contributed by atoms with Crippen LogP contribution in [0.3, 0.4) is 0 Å². The number of carbonyl (C=O) groups excluding carboxylic acids is 2. The molecule has 4 rings (SSSR count). The van der Waals surface area contributed by atoms with E-state index >= 15 is 0 Å². The zero-order valence-electron chi connectivity index (χ0n) is 14.9. The topological polar surface area (TPSA) is 52.7 Å². The highest BCUT2D eigenvalue weighted by Gasteiger charge is 2.44. The molecule has 1 fully saturated rings. The highest BCUT2D eigenvalue weighted by atomic mass is 16.2. The summed E-state index contributed by atoms with van der Waals surface area (Å²) in [5.41, 5.74) is 3.75. The highest BCUT2D eigenvalue weighted by molar-refractivity contribution is 6.01. The Morgan fingerprint density at radius 1 is 1.04 bits per heavy atom. The van der Waals surface area contributed by atoms with Crippen LogP contribution in [0, 0.1) is 6.92 Å². The molecule has 2 aliphatic heterocycles. The second-order valence-corrected chi connectivity index (χ2v) is 7.44. The molecular formula is C20H25N3O2. The molecule has 1 aliphatic carbocycles. The summed E-state index contributed by atoms with van der Waals surface area (Å²) in [6.45, 7) is 2.60. The molecule has 0 unspecified atom stereocenters. The van der Waals surface area contributed by atoms with Crippen molar-refractivity contribution in [1.82, 2.24) is 15.1 Å². The van der Waals surface area contributed by atoms with Gasteiger partial charge in [0.05, 0.1) is 23.9 Å². The SMILES string of the molecule is Cc1ccc([C@H]2NC(=O)N(C)C3=C2C(=O)N(C2CCCCC2)C3)cc1. The number of nitrogens with one attached hydrogen (secondary N) is 1. The van der Waals surface area contributed by atoms with Gasteiger partial charge >= 0.3 is 6.03 Å². The number of aryl methyl sites for hydroxylation is 1. The molecule has 132 valence electrons. The number of nitrogens with zero attached hydrogens (tertiary/aromatic N) is 2. The quantitative estimate of drug-likeness (QED) is 0.900.